The lowest BCUT2D eigenvalue weighted by Crippen LogP contribution is -2.64. The maximum absolute atomic E-state index is 12.8. The molecule has 1 aromatic carbocycles. The van der Waals surface area contributed by atoms with Crippen LogP contribution in [0.4, 0.5) is 4.79 Å². The van der Waals surface area contributed by atoms with Crippen molar-refractivity contribution in [2.45, 2.75) is 39.0 Å². The van der Waals surface area contributed by atoms with E-state index in [-0.39, 0.29) is 5.91 Å². The summed E-state index contributed by atoms with van der Waals surface area (Å²) in [5.74, 6) is 1.09. The number of carbonyl (C=O) groups excluding carboxylic acids is 2. The summed E-state index contributed by atoms with van der Waals surface area (Å²) in [5.41, 5.74) is 0.854. The Morgan fingerprint density at radius 2 is 1.88 bits per heavy atom. The van der Waals surface area contributed by atoms with Crippen LogP contribution in [0.1, 0.15) is 25.8 Å². The van der Waals surface area contributed by atoms with Crippen LogP contribution in [-0.4, -0.2) is 89.5 Å². The maximum Gasteiger partial charge on any atom is 0.325 e. The second kappa shape index (κ2) is 9.45. The van der Waals surface area contributed by atoms with E-state index in [1.54, 1.807) is 19.2 Å². The molecule has 3 heterocycles. The Bertz CT molecular complexity index is 916. The molecule has 0 bridgehead atoms. The van der Waals surface area contributed by atoms with Gasteiger partial charge in [0.15, 0.2) is 18.2 Å². The third-order valence-corrected chi connectivity index (χ3v) is 6.96. The minimum atomic E-state index is -0.599. The first-order valence-electron chi connectivity index (χ1n) is 11.1. The standard InChI is InChI=1S/C22H30Cl2N6O2/c1-14(2)6-7-28-8-10-29(11-9-28)21-25-19-18(20(31)26-22(32)27(19)3)30(21)13-15-4-5-16(23)12-17(15)24/h4-5,12,14,18-19H,6-11,13H2,1-3H3,(H,26,31,32). The number of hydrogen-bond acceptors (Lipinski definition) is 6. The molecule has 0 aliphatic carbocycles. The summed E-state index contributed by atoms with van der Waals surface area (Å²) < 4.78 is 0. The summed E-state index contributed by atoms with van der Waals surface area (Å²) in [5, 5.41) is 3.55. The zero-order valence-corrected chi connectivity index (χ0v) is 20.2. The number of halogens is 2. The molecule has 32 heavy (non-hydrogen) atoms. The predicted octanol–water partition coefficient (Wildman–Crippen LogP) is 2.71. The van der Waals surface area contributed by atoms with Crippen molar-refractivity contribution in [2.24, 2.45) is 10.9 Å². The first-order chi connectivity index (χ1) is 15.2. The predicted molar refractivity (Wildman–Crippen MR) is 126 cm³/mol. The lowest BCUT2D eigenvalue weighted by Gasteiger charge is -2.40. The number of rotatable bonds is 5. The maximum atomic E-state index is 12.8. The number of guanidine groups is 1. The monoisotopic (exact) mass is 480 g/mol. The number of nitrogens with zero attached hydrogens (tertiary/aromatic N) is 5. The minimum Gasteiger partial charge on any atom is -0.340 e. The molecule has 10 heteroatoms. The van der Waals surface area contributed by atoms with E-state index in [4.69, 9.17) is 28.2 Å². The lowest BCUT2D eigenvalue weighted by molar-refractivity contribution is -0.127. The van der Waals surface area contributed by atoms with Crippen LogP contribution < -0.4 is 5.32 Å². The van der Waals surface area contributed by atoms with Gasteiger partial charge in [-0.3, -0.25) is 15.0 Å². The summed E-state index contributed by atoms with van der Waals surface area (Å²) in [6.07, 6.45) is 0.621. The van der Waals surface area contributed by atoms with Crippen molar-refractivity contribution in [3.63, 3.8) is 0 Å². The Morgan fingerprint density at radius 1 is 1.16 bits per heavy atom. The summed E-state index contributed by atoms with van der Waals surface area (Å²) >= 11 is 12.5. The fraction of sp³-hybridized carbons (Fsp3) is 0.591. The highest BCUT2D eigenvalue weighted by Crippen LogP contribution is 2.30. The molecular weight excluding hydrogens is 451 g/mol. The average Bonchev–Trinajstić information content (AvgIpc) is 3.13. The highest BCUT2D eigenvalue weighted by atomic mass is 35.5. The Morgan fingerprint density at radius 3 is 2.53 bits per heavy atom. The van der Waals surface area contributed by atoms with Gasteiger partial charge in [0.05, 0.1) is 0 Å². The minimum absolute atomic E-state index is 0.336. The molecule has 2 unspecified atom stereocenters. The molecule has 4 rings (SSSR count). The number of benzene rings is 1. The SMILES string of the molecule is CC(C)CCN1CCN(C2=NC3C(C(=O)NC(=O)N3C)N2Cc2ccc(Cl)cc2Cl)CC1. The van der Waals surface area contributed by atoms with Gasteiger partial charge in [0, 0.05) is 49.8 Å². The Labute approximate surface area is 199 Å². The number of fused-ring (bicyclic) bond motifs is 1. The Balaban J connectivity index is 1.57. The summed E-state index contributed by atoms with van der Waals surface area (Å²) in [4.78, 5) is 38.1. The molecule has 8 nitrogen and oxygen atoms in total. The van der Waals surface area contributed by atoms with Crippen molar-refractivity contribution in [1.82, 2.24) is 24.9 Å². The van der Waals surface area contributed by atoms with E-state index in [9.17, 15) is 9.59 Å². The molecule has 3 aliphatic rings. The fourth-order valence-electron chi connectivity index (χ4n) is 4.39. The molecule has 3 aliphatic heterocycles. The molecular formula is C22H30Cl2N6O2. The van der Waals surface area contributed by atoms with Crippen LogP contribution in [0, 0.1) is 5.92 Å². The van der Waals surface area contributed by atoms with E-state index in [1.807, 2.05) is 11.0 Å². The van der Waals surface area contributed by atoms with Crippen molar-refractivity contribution >= 4 is 41.1 Å². The van der Waals surface area contributed by atoms with Crippen LogP contribution in [0.3, 0.4) is 0 Å². The van der Waals surface area contributed by atoms with Gasteiger partial charge in [-0.15, -0.1) is 0 Å². The average molecular weight is 481 g/mol. The molecule has 2 saturated heterocycles. The van der Waals surface area contributed by atoms with Gasteiger partial charge in [-0.1, -0.05) is 43.1 Å². The van der Waals surface area contributed by atoms with Crippen LogP contribution >= 0.6 is 23.2 Å². The second-order valence-electron chi connectivity index (χ2n) is 9.07. The zero-order chi connectivity index (χ0) is 23.0. The van der Waals surface area contributed by atoms with Gasteiger partial charge in [0.1, 0.15) is 0 Å². The number of urea groups is 1. The molecule has 1 aromatic rings. The molecule has 0 aromatic heterocycles. The lowest BCUT2D eigenvalue weighted by atomic mass is 10.1. The van der Waals surface area contributed by atoms with Gasteiger partial charge in [-0.2, -0.15) is 0 Å². The van der Waals surface area contributed by atoms with Gasteiger partial charge < -0.3 is 14.7 Å². The van der Waals surface area contributed by atoms with Gasteiger partial charge in [0.25, 0.3) is 5.91 Å². The number of aliphatic imine (C=N–C) groups is 1. The topological polar surface area (TPSA) is 71.5 Å². The molecule has 0 radical (unpaired) electrons. The van der Waals surface area contributed by atoms with Crippen molar-refractivity contribution < 1.29 is 9.59 Å². The number of carbonyl (C=O) groups is 2. The molecule has 3 amide bonds. The van der Waals surface area contributed by atoms with Crippen molar-refractivity contribution in [2.75, 3.05) is 39.8 Å². The van der Waals surface area contributed by atoms with E-state index in [0.717, 1.165) is 44.2 Å². The number of likely N-dealkylation sites (N-methyl/N-ethyl adjacent to an activating group) is 1. The van der Waals surface area contributed by atoms with Crippen LogP contribution in [0.25, 0.3) is 0 Å². The quantitative estimate of drug-likeness (QED) is 0.701. The molecule has 2 fully saturated rings. The third-order valence-electron chi connectivity index (χ3n) is 6.37. The van der Waals surface area contributed by atoms with E-state index in [0.29, 0.717) is 22.5 Å². The number of amides is 3. The van der Waals surface area contributed by atoms with Crippen LogP contribution in [-0.2, 0) is 11.3 Å². The first kappa shape index (κ1) is 23.1. The number of piperazine rings is 1. The molecule has 1 N–H and O–H groups in total. The van der Waals surface area contributed by atoms with Crippen LogP contribution in [0.2, 0.25) is 10.0 Å². The largest absolute Gasteiger partial charge is 0.340 e. The smallest absolute Gasteiger partial charge is 0.325 e. The van der Waals surface area contributed by atoms with Gasteiger partial charge >= 0.3 is 6.03 Å². The van der Waals surface area contributed by atoms with Crippen LogP contribution in [0.5, 0.6) is 0 Å². The van der Waals surface area contributed by atoms with E-state index < -0.39 is 18.2 Å². The van der Waals surface area contributed by atoms with Crippen molar-refractivity contribution in [3.8, 4) is 0 Å². The number of hydrogen-bond donors (Lipinski definition) is 1. The first-order valence-corrected chi connectivity index (χ1v) is 11.8. The van der Waals surface area contributed by atoms with Gasteiger partial charge in [-0.25, -0.2) is 9.79 Å². The molecule has 174 valence electrons. The molecule has 0 saturated carbocycles. The zero-order valence-electron chi connectivity index (χ0n) is 18.7. The van der Waals surface area contributed by atoms with Gasteiger partial charge in [-0.05, 0) is 36.6 Å². The van der Waals surface area contributed by atoms with Crippen LogP contribution in [0.15, 0.2) is 23.2 Å². The van der Waals surface area contributed by atoms with E-state index >= 15 is 0 Å². The summed E-state index contributed by atoms with van der Waals surface area (Å²) in [6.45, 7) is 9.50. The second-order valence-corrected chi connectivity index (χ2v) is 9.91. The van der Waals surface area contributed by atoms with E-state index in [2.05, 4.69) is 29.0 Å². The Kier molecular flexibility index (Phi) is 6.83. The fourth-order valence-corrected chi connectivity index (χ4v) is 4.86. The summed E-state index contributed by atoms with van der Waals surface area (Å²) in [7, 11) is 1.67. The van der Waals surface area contributed by atoms with Gasteiger partial charge in [0.2, 0.25) is 0 Å². The number of nitrogens with one attached hydrogen (secondary N) is 1. The number of imide groups is 1. The van der Waals surface area contributed by atoms with Crippen molar-refractivity contribution in [1.29, 1.82) is 0 Å². The van der Waals surface area contributed by atoms with E-state index in [1.165, 1.54) is 11.3 Å². The summed E-state index contributed by atoms with van der Waals surface area (Å²) in [6, 6.07) is 4.33. The highest BCUT2D eigenvalue weighted by molar-refractivity contribution is 6.35. The Hall–Kier alpha value is -2.03. The third kappa shape index (κ3) is 4.67. The highest BCUT2D eigenvalue weighted by Gasteiger charge is 2.50. The van der Waals surface area contributed by atoms with Crippen molar-refractivity contribution in [3.05, 3.63) is 33.8 Å². The normalized spacial score (nSPS) is 24.2. The molecule has 0 spiro atoms. The molecule has 2 atom stereocenters.